The average molecular weight is 254 g/mol. The van der Waals surface area contributed by atoms with Crippen molar-refractivity contribution < 1.29 is 9.90 Å². The molecule has 2 aliphatic rings. The van der Waals surface area contributed by atoms with E-state index in [2.05, 4.69) is 17.1 Å². The van der Waals surface area contributed by atoms with E-state index in [4.69, 9.17) is 0 Å². The topological polar surface area (TPSA) is 52.6 Å². The Hall–Kier alpha value is -0.610. The Morgan fingerprint density at radius 1 is 1.33 bits per heavy atom. The Balaban J connectivity index is 1.79. The molecule has 0 aromatic carbocycles. The van der Waals surface area contributed by atoms with Gasteiger partial charge in [-0.15, -0.1) is 0 Å². The van der Waals surface area contributed by atoms with Gasteiger partial charge in [0.25, 0.3) is 0 Å². The normalized spacial score (nSPS) is 24.7. The van der Waals surface area contributed by atoms with Gasteiger partial charge in [-0.05, 0) is 51.2 Å². The third-order valence-corrected chi connectivity index (χ3v) is 4.70. The van der Waals surface area contributed by atoms with Crippen molar-refractivity contribution in [1.29, 1.82) is 0 Å². The third kappa shape index (κ3) is 3.45. The molecular formula is C14H26N2O2. The Morgan fingerprint density at radius 2 is 2.00 bits per heavy atom. The molecular weight excluding hydrogens is 228 g/mol. The molecule has 0 bridgehead atoms. The van der Waals surface area contributed by atoms with Crippen molar-refractivity contribution in [2.75, 3.05) is 26.2 Å². The summed E-state index contributed by atoms with van der Waals surface area (Å²) in [5.74, 6) is -0.445. The Bertz CT molecular complexity index is 271. The molecule has 1 saturated heterocycles. The van der Waals surface area contributed by atoms with Crippen LogP contribution in [0.5, 0.6) is 0 Å². The molecule has 1 aliphatic heterocycles. The van der Waals surface area contributed by atoms with Gasteiger partial charge in [0.2, 0.25) is 0 Å². The molecule has 1 saturated carbocycles. The molecule has 1 atom stereocenters. The molecule has 0 spiro atoms. The molecule has 18 heavy (non-hydrogen) atoms. The lowest BCUT2D eigenvalue weighted by Gasteiger charge is -2.35. The Kier molecular flexibility index (Phi) is 5.01. The lowest BCUT2D eigenvalue weighted by Crippen LogP contribution is -2.45. The lowest BCUT2D eigenvalue weighted by atomic mass is 9.83. The third-order valence-electron chi connectivity index (χ3n) is 4.70. The molecule has 4 heteroatoms. The summed E-state index contributed by atoms with van der Waals surface area (Å²) < 4.78 is 0. The van der Waals surface area contributed by atoms with Crippen LogP contribution < -0.4 is 5.32 Å². The van der Waals surface area contributed by atoms with Gasteiger partial charge in [0.05, 0.1) is 5.92 Å². The predicted molar refractivity (Wildman–Crippen MR) is 71.6 cm³/mol. The molecule has 1 unspecified atom stereocenters. The minimum absolute atomic E-state index is 0.190. The maximum absolute atomic E-state index is 11.4. The summed E-state index contributed by atoms with van der Waals surface area (Å²) in [6.45, 7) is 6.05. The smallest absolute Gasteiger partial charge is 0.308 e. The zero-order valence-electron chi connectivity index (χ0n) is 11.4. The van der Waals surface area contributed by atoms with Crippen LogP contribution in [0.1, 0.15) is 39.0 Å². The number of aliphatic carboxylic acids is 1. The number of nitrogens with one attached hydrogen (secondary N) is 1. The average Bonchev–Trinajstić information content (AvgIpc) is 2.32. The second-order valence-corrected chi connectivity index (χ2v) is 5.75. The van der Waals surface area contributed by atoms with Crippen LogP contribution in [0.25, 0.3) is 0 Å². The lowest BCUT2D eigenvalue weighted by molar-refractivity contribution is -0.144. The van der Waals surface area contributed by atoms with Crippen molar-refractivity contribution in [3.8, 4) is 0 Å². The first kappa shape index (κ1) is 13.8. The van der Waals surface area contributed by atoms with Gasteiger partial charge in [-0.25, -0.2) is 0 Å². The summed E-state index contributed by atoms with van der Waals surface area (Å²) >= 11 is 0. The van der Waals surface area contributed by atoms with Crippen LogP contribution in [0.15, 0.2) is 0 Å². The van der Waals surface area contributed by atoms with E-state index in [0.29, 0.717) is 18.5 Å². The SMILES string of the molecule is CCN1CCC(C(CNC2CCC2)C(=O)O)CC1. The largest absolute Gasteiger partial charge is 0.481 e. The second-order valence-electron chi connectivity index (χ2n) is 5.75. The first-order valence-corrected chi connectivity index (χ1v) is 7.39. The van der Waals surface area contributed by atoms with Crippen molar-refractivity contribution in [2.24, 2.45) is 11.8 Å². The molecule has 0 radical (unpaired) electrons. The van der Waals surface area contributed by atoms with Crippen molar-refractivity contribution in [1.82, 2.24) is 10.2 Å². The van der Waals surface area contributed by atoms with E-state index in [1.165, 1.54) is 19.3 Å². The summed E-state index contributed by atoms with van der Waals surface area (Å²) in [6, 6.07) is 0.586. The predicted octanol–water partition coefficient (Wildman–Crippen LogP) is 1.56. The van der Waals surface area contributed by atoms with Gasteiger partial charge in [0.1, 0.15) is 0 Å². The van der Waals surface area contributed by atoms with E-state index in [-0.39, 0.29) is 5.92 Å². The van der Waals surface area contributed by atoms with E-state index in [1.807, 2.05) is 0 Å². The van der Waals surface area contributed by atoms with Gasteiger partial charge in [-0.2, -0.15) is 0 Å². The molecule has 2 rings (SSSR count). The molecule has 2 fully saturated rings. The second kappa shape index (κ2) is 6.53. The van der Waals surface area contributed by atoms with Crippen LogP contribution in [0.2, 0.25) is 0 Å². The number of nitrogens with zero attached hydrogens (tertiary/aromatic N) is 1. The van der Waals surface area contributed by atoms with Crippen molar-refractivity contribution in [3.63, 3.8) is 0 Å². The summed E-state index contributed by atoms with van der Waals surface area (Å²) in [7, 11) is 0. The number of carbonyl (C=O) groups is 1. The monoisotopic (exact) mass is 254 g/mol. The summed E-state index contributed by atoms with van der Waals surface area (Å²) in [5.41, 5.74) is 0. The number of likely N-dealkylation sites (tertiary alicyclic amines) is 1. The number of carboxylic acids is 1. The summed E-state index contributed by atoms with van der Waals surface area (Å²) in [4.78, 5) is 13.8. The molecule has 0 aromatic heterocycles. The van der Waals surface area contributed by atoms with Gasteiger partial charge in [-0.3, -0.25) is 4.79 Å². The van der Waals surface area contributed by atoms with Crippen LogP contribution in [0.3, 0.4) is 0 Å². The molecule has 104 valence electrons. The van der Waals surface area contributed by atoms with Crippen LogP contribution in [-0.4, -0.2) is 48.2 Å². The van der Waals surface area contributed by atoms with Crippen LogP contribution >= 0.6 is 0 Å². The summed E-state index contributed by atoms with van der Waals surface area (Å²) in [6.07, 6.45) is 5.82. The van der Waals surface area contributed by atoms with Gasteiger partial charge in [-0.1, -0.05) is 13.3 Å². The Labute approximate surface area is 110 Å². The van der Waals surface area contributed by atoms with Crippen LogP contribution in [0, 0.1) is 11.8 Å². The van der Waals surface area contributed by atoms with Crippen molar-refractivity contribution in [3.05, 3.63) is 0 Å². The highest BCUT2D eigenvalue weighted by Crippen LogP contribution is 2.26. The number of carboxylic acid groups (broad SMARTS) is 1. The Morgan fingerprint density at radius 3 is 2.44 bits per heavy atom. The van der Waals surface area contributed by atoms with Crippen molar-refractivity contribution >= 4 is 5.97 Å². The fourth-order valence-corrected chi connectivity index (χ4v) is 3.03. The van der Waals surface area contributed by atoms with E-state index >= 15 is 0 Å². The highest BCUT2D eigenvalue weighted by atomic mass is 16.4. The number of piperidine rings is 1. The van der Waals surface area contributed by atoms with E-state index in [0.717, 1.165) is 32.5 Å². The van der Waals surface area contributed by atoms with Crippen molar-refractivity contribution in [2.45, 2.75) is 45.1 Å². The first-order chi connectivity index (χ1) is 8.70. The van der Waals surface area contributed by atoms with E-state index in [1.54, 1.807) is 0 Å². The molecule has 0 aromatic rings. The van der Waals surface area contributed by atoms with Gasteiger partial charge < -0.3 is 15.3 Å². The number of hydrogen-bond acceptors (Lipinski definition) is 3. The zero-order valence-corrected chi connectivity index (χ0v) is 11.4. The molecule has 1 heterocycles. The van der Waals surface area contributed by atoms with E-state index in [9.17, 15) is 9.90 Å². The molecule has 2 N–H and O–H groups in total. The highest BCUT2D eigenvalue weighted by Gasteiger charge is 2.31. The zero-order chi connectivity index (χ0) is 13.0. The first-order valence-electron chi connectivity index (χ1n) is 7.39. The van der Waals surface area contributed by atoms with Gasteiger partial charge in [0.15, 0.2) is 0 Å². The highest BCUT2D eigenvalue weighted by molar-refractivity contribution is 5.70. The van der Waals surface area contributed by atoms with Gasteiger partial charge in [0, 0.05) is 12.6 Å². The van der Waals surface area contributed by atoms with E-state index < -0.39 is 5.97 Å². The molecule has 0 amide bonds. The maximum atomic E-state index is 11.4. The minimum Gasteiger partial charge on any atom is -0.481 e. The van der Waals surface area contributed by atoms with Gasteiger partial charge >= 0.3 is 5.97 Å². The maximum Gasteiger partial charge on any atom is 0.308 e. The molecule has 4 nitrogen and oxygen atoms in total. The minimum atomic E-state index is -0.614. The standard InChI is InChI=1S/C14H26N2O2/c1-2-16-8-6-11(7-9-16)13(14(17)18)10-15-12-4-3-5-12/h11-13,15H,2-10H2,1H3,(H,17,18). The number of hydrogen-bond donors (Lipinski definition) is 2. The quantitative estimate of drug-likeness (QED) is 0.755. The van der Waals surface area contributed by atoms with Crippen LogP contribution in [-0.2, 0) is 4.79 Å². The van der Waals surface area contributed by atoms with Crippen LogP contribution in [0.4, 0.5) is 0 Å². The fraction of sp³-hybridized carbons (Fsp3) is 0.929. The fourth-order valence-electron chi connectivity index (χ4n) is 3.03. The molecule has 1 aliphatic carbocycles. The number of rotatable bonds is 6. The summed E-state index contributed by atoms with van der Waals surface area (Å²) in [5, 5.41) is 12.8.